The summed E-state index contributed by atoms with van der Waals surface area (Å²) < 4.78 is 17.7. The third kappa shape index (κ3) is 12.2. The maximum atomic E-state index is 6.53. The smallest absolute Gasteiger partial charge is 0.143 e. The summed E-state index contributed by atoms with van der Waals surface area (Å²) in [6, 6.07) is 164. The zero-order valence-corrected chi connectivity index (χ0v) is 72.3. The van der Waals surface area contributed by atoms with Gasteiger partial charge in [-0.15, -0.1) is 0 Å². The third-order valence-corrected chi connectivity index (χ3v) is 27.8. The van der Waals surface area contributed by atoms with Crippen LogP contribution in [0.4, 0.5) is 34.1 Å². The number of furan rings is 2. The molecule has 0 aliphatic heterocycles. The highest BCUT2D eigenvalue weighted by molar-refractivity contribution is 6.15. The molecule has 2 aliphatic carbocycles. The Kier molecular flexibility index (Phi) is 17.6. The molecular formula is C124H86N4O2. The first kappa shape index (κ1) is 75.9. The summed E-state index contributed by atoms with van der Waals surface area (Å²) in [7, 11) is 0. The molecule has 4 aromatic heterocycles. The molecule has 4 heterocycles. The minimum absolute atomic E-state index is 0.188. The van der Waals surface area contributed by atoms with Crippen LogP contribution in [0.15, 0.2) is 458 Å². The number of hydrogen-bond donors (Lipinski definition) is 0. The van der Waals surface area contributed by atoms with Gasteiger partial charge in [0, 0.05) is 110 Å². The topological polar surface area (TPSA) is 42.6 Å². The van der Waals surface area contributed by atoms with Crippen molar-refractivity contribution in [1.82, 2.24) is 9.13 Å². The summed E-state index contributed by atoms with van der Waals surface area (Å²) >= 11 is 0. The van der Waals surface area contributed by atoms with Gasteiger partial charge in [-0.05, 0) is 240 Å². The van der Waals surface area contributed by atoms with Gasteiger partial charge in [0.2, 0.25) is 0 Å². The van der Waals surface area contributed by atoms with Crippen LogP contribution in [0.2, 0.25) is 0 Å². The van der Waals surface area contributed by atoms with E-state index in [1.165, 1.54) is 132 Å². The molecule has 26 rings (SSSR count). The van der Waals surface area contributed by atoms with E-state index >= 15 is 0 Å². The lowest BCUT2D eigenvalue weighted by molar-refractivity contribution is 0.660. The van der Waals surface area contributed by atoms with Crippen LogP contribution < -0.4 is 9.80 Å². The predicted molar refractivity (Wildman–Crippen MR) is 545 cm³/mol. The number of rotatable bonds is 13. The standard InChI is InChI=1S/C67H46N2O.C57H40N2O/c1-67(2)60-41-45(43-16-5-3-6-17-43)30-35-53(60)54-36-34-49(42-61(54)67)68(48-32-28-44(29-33-48)51-24-15-25-58-57-23-12-14-27-65(57)70-66(51)58)63-39-37-50(52-20-9-10-21-55(52)63)46-31-38-64-59(40-46)56-22-11-13-26-62(56)69(64)47-18-7-4-8-19-47;1-57(2)51-35-39(37-13-4-3-5-14-37)25-33-45(51)46-34-32-43(36-52(46)57)58(40-26-23-38(24-27-40)44-18-12-19-50-49-17-8-11-22-55(49)60-56(44)50)41-28-30-42(31-29-41)59-53-20-9-6-15-47(53)48-16-7-10-21-54(48)59/h3-42H,1-2H3;3-36H,1-2H3. The van der Waals surface area contributed by atoms with Crippen molar-refractivity contribution in [1.29, 1.82) is 0 Å². The Morgan fingerprint density at radius 2 is 0.531 bits per heavy atom. The molecule has 130 heavy (non-hydrogen) atoms. The quantitative estimate of drug-likeness (QED) is 0.115. The summed E-state index contributed by atoms with van der Waals surface area (Å²) in [6.45, 7) is 9.50. The van der Waals surface area contributed by atoms with Crippen molar-refractivity contribution in [2.45, 2.75) is 38.5 Å². The normalized spacial score (nSPS) is 12.9. The fraction of sp³-hybridized carbons (Fsp3) is 0.0484. The van der Waals surface area contributed by atoms with Gasteiger partial charge < -0.3 is 27.8 Å². The van der Waals surface area contributed by atoms with Gasteiger partial charge in [-0.2, -0.15) is 0 Å². The van der Waals surface area contributed by atoms with E-state index < -0.39 is 0 Å². The molecule has 614 valence electrons. The largest absolute Gasteiger partial charge is 0.455 e. The first-order valence-electron chi connectivity index (χ1n) is 45.0. The van der Waals surface area contributed by atoms with E-state index in [0.29, 0.717) is 0 Å². The molecule has 0 unspecified atom stereocenters. The molecule has 0 bridgehead atoms. The number of hydrogen-bond acceptors (Lipinski definition) is 4. The second-order valence-corrected chi connectivity index (χ2v) is 35.8. The summed E-state index contributed by atoms with van der Waals surface area (Å²) in [4.78, 5) is 4.86. The van der Waals surface area contributed by atoms with E-state index in [-0.39, 0.29) is 10.8 Å². The number of nitrogens with zero attached hydrogens (tertiary/aromatic N) is 4. The van der Waals surface area contributed by atoms with Gasteiger partial charge >= 0.3 is 0 Å². The van der Waals surface area contributed by atoms with Crippen LogP contribution in [0.3, 0.4) is 0 Å². The lowest BCUT2D eigenvalue weighted by Crippen LogP contribution is -2.17. The minimum Gasteiger partial charge on any atom is -0.455 e. The van der Waals surface area contributed by atoms with Crippen LogP contribution in [0, 0.1) is 0 Å². The van der Waals surface area contributed by atoms with E-state index in [4.69, 9.17) is 8.83 Å². The summed E-state index contributed by atoms with van der Waals surface area (Å²) in [5.74, 6) is 0. The Hall–Kier alpha value is -16.5. The van der Waals surface area contributed by atoms with Crippen LogP contribution in [0.1, 0.15) is 49.9 Å². The van der Waals surface area contributed by atoms with Gasteiger partial charge in [0.25, 0.3) is 0 Å². The van der Waals surface area contributed by atoms with Crippen molar-refractivity contribution in [3.63, 3.8) is 0 Å². The van der Waals surface area contributed by atoms with Crippen molar-refractivity contribution in [2.75, 3.05) is 9.80 Å². The Bertz CT molecular complexity index is 8590. The molecule has 24 aromatic rings. The Morgan fingerprint density at radius 3 is 1.02 bits per heavy atom. The van der Waals surface area contributed by atoms with Crippen LogP contribution >= 0.6 is 0 Å². The van der Waals surface area contributed by atoms with Crippen molar-refractivity contribution in [3.05, 3.63) is 471 Å². The predicted octanol–water partition coefficient (Wildman–Crippen LogP) is 34.4. The molecule has 0 spiro atoms. The lowest BCUT2D eigenvalue weighted by Gasteiger charge is -2.29. The SMILES string of the molecule is CC1(C)c2cc(-c3ccccc3)ccc2-c2ccc(N(c3ccc(-c4cccc5c4oc4ccccc45)cc3)c3ccc(-c4ccc5c(c4)c4ccccc4n5-c4ccccc4)c4ccccc34)cc21.CC1(C)c2cc(-c3ccccc3)ccc2-c2ccc(N(c3ccc(-c4cccc5c4oc4ccccc45)cc3)c3ccc(-n4c5ccccc5c5ccccc54)cc3)cc21. The molecule has 20 aromatic carbocycles. The molecule has 0 saturated heterocycles. The van der Waals surface area contributed by atoms with E-state index in [2.05, 4.69) is 477 Å². The number of aromatic nitrogens is 2. The lowest BCUT2D eigenvalue weighted by atomic mass is 9.81. The molecule has 0 atom stereocenters. The van der Waals surface area contributed by atoms with Crippen molar-refractivity contribution in [3.8, 4) is 89.3 Å². The van der Waals surface area contributed by atoms with Crippen molar-refractivity contribution in [2.24, 2.45) is 0 Å². The highest BCUT2D eigenvalue weighted by Gasteiger charge is 2.39. The van der Waals surface area contributed by atoms with Crippen LogP contribution in [0.5, 0.6) is 0 Å². The first-order chi connectivity index (χ1) is 64.0. The van der Waals surface area contributed by atoms with Crippen LogP contribution in [-0.4, -0.2) is 9.13 Å². The average molecular weight is 1660 g/mol. The second kappa shape index (κ2) is 30.1. The number of fused-ring (bicyclic) bond motifs is 19. The summed E-state index contributed by atoms with van der Waals surface area (Å²) in [5, 5.41) is 11.9. The summed E-state index contributed by atoms with van der Waals surface area (Å²) in [5.41, 5.74) is 39.3. The van der Waals surface area contributed by atoms with E-state index in [0.717, 1.165) is 112 Å². The average Bonchev–Trinajstić information content (AvgIpc) is 1.56. The maximum absolute atomic E-state index is 6.53. The first-order valence-corrected chi connectivity index (χ1v) is 45.0. The summed E-state index contributed by atoms with van der Waals surface area (Å²) in [6.07, 6.45) is 0. The fourth-order valence-corrected chi connectivity index (χ4v) is 21.4. The third-order valence-electron chi connectivity index (χ3n) is 27.8. The van der Waals surface area contributed by atoms with E-state index in [1.54, 1.807) is 0 Å². The second-order valence-electron chi connectivity index (χ2n) is 35.8. The van der Waals surface area contributed by atoms with Gasteiger partial charge in [-0.25, -0.2) is 0 Å². The molecular weight excluding hydrogens is 1580 g/mol. The van der Waals surface area contributed by atoms with Gasteiger partial charge in [0.15, 0.2) is 0 Å². The molecule has 6 nitrogen and oxygen atoms in total. The Balaban J connectivity index is 0.000000142. The van der Waals surface area contributed by atoms with Crippen LogP contribution in [-0.2, 0) is 10.8 Å². The maximum Gasteiger partial charge on any atom is 0.143 e. The molecule has 0 N–H and O–H groups in total. The Morgan fingerprint density at radius 1 is 0.192 bits per heavy atom. The van der Waals surface area contributed by atoms with E-state index in [1.807, 2.05) is 18.2 Å². The van der Waals surface area contributed by atoms with Crippen molar-refractivity contribution >= 4 is 132 Å². The fourth-order valence-electron chi connectivity index (χ4n) is 21.4. The number of anilines is 6. The Labute approximate surface area is 753 Å². The molecule has 0 fully saturated rings. The van der Waals surface area contributed by atoms with Crippen LogP contribution in [0.25, 0.3) is 188 Å². The molecule has 6 heteroatoms. The van der Waals surface area contributed by atoms with Gasteiger partial charge in [0.1, 0.15) is 22.3 Å². The van der Waals surface area contributed by atoms with Gasteiger partial charge in [-0.3, -0.25) is 0 Å². The number of para-hydroxylation sites is 8. The van der Waals surface area contributed by atoms with E-state index in [9.17, 15) is 0 Å². The number of benzene rings is 20. The zero-order chi connectivity index (χ0) is 86.5. The highest BCUT2D eigenvalue weighted by atomic mass is 16.3. The molecule has 0 amide bonds. The minimum atomic E-state index is -0.222. The highest BCUT2D eigenvalue weighted by Crippen LogP contribution is 2.56. The van der Waals surface area contributed by atoms with Crippen molar-refractivity contribution < 1.29 is 8.83 Å². The van der Waals surface area contributed by atoms with Gasteiger partial charge in [0.05, 0.1) is 27.8 Å². The zero-order valence-electron chi connectivity index (χ0n) is 72.3. The van der Waals surface area contributed by atoms with Gasteiger partial charge in [-0.1, -0.05) is 331 Å². The molecule has 0 radical (unpaired) electrons. The molecule has 0 saturated carbocycles. The molecule has 2 aliphatic rings. The monoisotopic (exact) mass is 1660 g/mol.